The second kappa shape index (κ2) is 8.94. The third kappa shape index (κ3) is 4.49. The zero-order valence-electron chi connectivity index (χ0n) is 12.9. The van der Waals surface area contributed by atoms with E-state index in [1.54, 1.807) is 4.57 Å². The molecule has 1 aromatic heterocycles. The van der Waals surface area contributed by atoms with Crippen molar-refractivity contribution in [3.63, 3.8) is 0 Å². The van der Waals surface area contributed by atoms with Gasteiger partial charge in [-0.15, -0.1) is 0 Å². The van der Waals surface area contributed by atoms with E-state index < -0.39 is 42.3 Å². The molecule has 0 unspecified atom stereocenters. The molecule has 0 saturated heterocycles. The van der Waals surface area contributed by atoms with Crippen molar-refractivity contribution in [3.8, 4) is 5.69 Å². The van der Waals surface area contributed by atoms with Gasteiger partial charge in [0.1, 0.15) is 0 Å². The summed E-state index contributed by atoms with van der Waals surface area (Å²) in [4.78, 5) is 0. The largest absolute Gasteiger partial charge is 1.00 e. The highest BCUT2D eigenvalue weighted by molar-refractivity contribution is 6.33. The smallest absolute Gasteiger partial charge is 0.762 e. The fourth-order valence-electron chi connectivity index (χ4n) is 2.43. The van der Waals surface area contributed by atoms with Crippen LogP contribution in [0.3, 0.4) is 0 Å². The lowest BCUT2D eigenvalue weighted by atomic mass is 10.2. The van der Waals surface area contributed by atoms with Crippen LogP contribution in [0.15, 0.2) is 6.33 Å². The number of halogens is 9. The Kier molecular flexibility index (Phi) is 7.51. The Morgan fingerprint density at radius 3 is 1.88 bits per heavy atom. The van der Waals surface area contributed by atoms with Crippen molar-refractivity contribution < 1.29 is 44.2 Å². The SMILES string of the molecule is FB(F)F.Fc1c(F)c(F)c(-n2c[n+]3c(n2)CCCCC3)c(F)c1F.[F-]. The van der Waals surface area contributed by atoms with Gasteiger partial charge in [0.05, 0.1) is 6.54 Å². The summed E-state index contributed by atoms with van der Waals surface area (Å²) in [5.74, 6) is -9.32. The van der Waals surface area contributed by atoms with Gasteiger partial charge in [0.15, 0.2) is 0 Å². The van der Waals surface area contributed by atoms with E-state index in [1.807, 2.05) is 0 Å². The topological polar surface area (TPSA) is 21.7 Å². The molecule has 0 fully saturated rings. The number of hydrogen-bond donors (Lipinski definition) is 0. The molecule has 3 nitrogen and oxygen atoms in total. The molecule has 1 aromatic carbocycles. The van der Waals surface area contributed by atoms with Gasteiger partial charge < -0.3 is 4.70 Å². The van der Waals surface area contributed by atoms with Crippen molar-refractivity contribution in [1.82, 2.24) is 9.78 Å². The molecule has 2 heterocycles. The molecule has 1 aliphatic rings. The Labute approximate surface area is 141 Å². The summed E-state index contributed by atoms with van der Waals surface area (Å²) in [6.45, 7) is 0.602. The molecule has 0 amide bonds. The number of hydrogen-bond acceptors (Lipinski definition) is 1. The van der Waals surface area contributed by atoms with Crippen LogP contribution in [-0.2, 0) is 13.0 Å². The highest BCUT2D eigenvalue weighted by atomic mass is 19.4. The van der Waals surface area contributed by atoms with Crippen molar-refractivity contribution in [2.24, 2.45) is 0 Å². The normalized spacial score (nSPS) is 13.1. The Morgan fingerprint density at radius 1 is 0.846 bits per heavy atom. The van der Waals surface area contributed by atoms with E-state index >= 15 is 0 Å². The lowest BCUT2D eigenvalue weighted by Gasteiger charge is -2.03. The summed E-state index contributed by atoms with van der Waals surface area (Å²) in [6.07, 6.45) is 4.61. The van der Waals surface area contributed by atoms with Crippen molar-refractivity contribution in [2.45, 2.75) is 32.2 Å². The van der Waals surface area contributed by atoms with Crippen LogP contribution < -0.4 is 9.27 Å². The highest BCUT2D eigenvalue weighted by Crippen LogP contribution is 2.25. The second-order valence-corrected chi connectivity index (χ2v) is 5.15. The maximum Gasteiger partial charge on any atom is 0.762 e. The van der Waals surface area contributed by atoms with Gasteiger partial charge in [-0.25, -0.2) is 17.7 Å². The average molecular weight is 391 g/mol. The molecular formula is C13H11BF9N3. The summed E-state index contributed by atoms with van der Waals surface area (Å²) in [7, 11) is -3.67. The first-order chi connectivity index (χ1) is 11.7. The monoisotopic (exact) mass is 391 g/mol. The number of rotatable bonds is 1. The zero-order valence-corrected chi connectivity index (χ0v) is 12.9. The minimum absolute atomic E-state index is 0. The van der Waals surface area contributed by atoms with Crippen LogP contribution in [0.2, 0.25) is 0 Å². The Bertz CT molecular complexity index is 711. The van der Waals surface area contributed by atoms with E-state index in [-0.39, 0.29) is 4.70 Å². The molecule has 2 aromatic rings. The van der Waals surface area contributed by atoms with Gasteiger partial charge >= 0.3 is 7.54 Å². The molecule has 13 heteroatoms. The van der Waals surface area contributed by atoms with Gasteiger partial charge in [-0.3, -0.25) is 12.9 Å². The molecule has 26 heavy (non-hydrogen) atoms. The number of nitrogens with zero attached hydrogens (tertiary/aromatic N) is 3. The van der Waals surface area contributed by atoms with Crippen molar-refractivity contribution in [3.05, 3.63) is 41.2 Å². The fourth-order valence-corrected chi connectivity index (χ4v) is 2.43. The summed E-state index contributed by atoms with van der Waals surface area (Å²) in [5.41, 5.74) is -1.05. The van der Waals surface area contributed by atoms with E-state index in [1.165, 1.54) is 6.33 Å². The van der Waals surface area contributed by atoms with Gasteiger partial charge in [0.2, 0.25) is 41.1 Å². The summed E-state index contributed by atoms with van der Waals surface area (Å²) in [5, 5.41) is 3.96. The number of aromatic nitrogens is 3. The first-order valence-corrected chi connectivity index (χ1v) is 7.16. The number of benzene rings is 1. The molecular weight excluding hydrogens is 380 g/mol. The predicted octanol–water partition coefficient (Wildman–Crippen LogP) is 0.465. The van der Waals surface area contributed by atoms with E-state index in [4.69, 9.17) is 0 Å². The standard InChI is InChI=1S/C13H11F5N3.BF3.FH/c14-8-9(15)11(17)13(12(18)10(8)16)21-6-20-5-3-1-2-4-7(20)19-21;2-1(3)4;/h6H,1-5H2;;1H/q+1;;/p-1. The summed E-state index contributed by atoms with van der Waals surface area (Å²) >= 11 is 0. The second-order valence-electron chi connectivity index (χ2n) is 5.15. The number of fused-ring (bicyclic) bond motifs is 1. The third-order valence-corrected chi connectivity index (χ3v) is 3.52. The molecule has 1 aliphatic heterocycles. The van der Waals surface area contributed by atoms with Gasteiger partial charge in [0.25, 0.3) is 5.82 Å². The van der Waals surface area contributed by atoms with Crippen LogP contribution in [0.4, 0.5) is 34.9 Å². The fraction of sp³-hybridized carbons (Fsp3) is 0.385. The van der Waals surface area contributed by atoms with Crippen LogP contribution in [-0.4, -0.2) is 17.3 Å². The van der Waals surface area contributed by atoms with E-state index in [9.17, 15) is 34.9 Å². The van der Waals surface area contributed by atoms with E-state index in [2.05, 4.69) is 5.10 Å². The predicted molar refractivity (Wildman–Crippen MR) is 70.2 cm³/mol. The van der Waals surface area contributed by atoms with Gasteiger partial charge in [-0.05, 0) is 19.3 Å². The van der Waals surface area contributed by atoms with Crippen molar-refractivity contribution in [1.29, 1.82) is 0 Å². The Balaban J connectivity index is 0.000000616. The minimum atomic E-state index is -3.67. The highest BCUT2D eigenvalue weighted by Gasteiger charge is 2.32. The quantitative estimate of drug-likeness (QED) is 0.228. The lowest BCUT2D eigenvalue weighted by molar-refractivity contribution is -0.703. The van der Waals surface area contributed by atoms with Crippen LogP contribution >= 0.6 is 0 Å². The summed E-state index contributed by atoms with van der Waals surface area (Å²) < 4.78 is 98.4. The van der Waals surface area contributed by atoms with Crippen LogP contribution in [0.25, 0.3) is 5.69 Å². The minimum Gasteiger partial charge on any atom is -1.00 e. The molecule has 144 valence electrons. The Morgan fingerprint density at radius 2 is 1.35 bits per heavy atom. The van der Waals surface area contributed by atoms with Crippen molar-refractivity contribution in [2.75, 3.05) is 0 Å². The lowest BCUT2D eigenvalue weighted by Crippen LogP contribution is -3.00. The maximum absolute atomic E-state index is 13.7. The van der Waals surface area contributed by atoms with Crippen LogP contribution in [0, 0.1) is 29.1 Å². The van der Waals surface area contributed by atoms with Crippen LogP contribution in [0.1, 0.15) is 25.1 Å². The summed E-state index contributed by atoms with van der Waals surface area (Å²) in [6, 6.07) is 0. The molecule has 0 N–H and O–H groups in total. The molecule has 0 aliphatic carbocycles. The van der Waals surface area contributed by atoms with Crippen molar-refractivity contribution >= 4 is 7.54 Å². The Hall–Kier alpha value is -2.21. The average Bonchev–Trinajstić information content (AvgIpc) is 2.81. The third-order valence-electron chi connectivity index (χ3n) is 3.52. The van der Waals surface area contributed by atoms with Gasteiger partial charge in [0, 0.05) is 11.5 Å². The van der Waals surface area contributed by atoms with Gasteiger partial charge in [-0.2, -0.15) is 8.78 Å². The number of aryl methyl sites for hydroxylation is 2. The van der Waals surface area contributed by atoms with E-state index in [0.29, 0.717) is 18.8 Å². The first-order valence-electron chi connectivity index (χ1n) is 7.16. The van der Waals surface area contributed by atoms with Crippen LogP contribution in [0.5, 0.6) is 0 Å². The molecule has 0 saturated carbocycles. The maximum atomic E-state index is 13.7. The molecule has 0 radical (unpaired) electrons. The first kappa shape index (κ1) is 21.8. The molecule has 3 rings (SSSR count). The van der Waals surface area contributed by atoms with E-state index in [0.717, 1.165) is 23.9 Å². The molecule has 0 atom stereocenters. The molecule has 0 bridgehead atoms. The molecule has 0 spiro atoms. The van der Waals surface area contributed by atoms with Gasteiger partial charge in [-0.1, -0.05) is 4.68 Å². The zero-order chi connectivity index (χ0) is 18.7.